The van der Waals surface area contributed by atoms with Crippen LogP contribution < -0.4 is 10.5 Å². The molecule has 2 aromatic carbocycles. The number of nitrogen functional groups attached to an aromatic ring is 1. The number of aliphatic hydroxyl groups is 1. The average molecular weight is 257 g/mol. The number of para-hydroxylation sites is 1. The van der Waals surface area contributed by atoms with Gasteiger partial charge in [0.05, 0.1) is 6.61 Å². The van der Waals surface area contributed by atoms with Gasteiger partial charge in [-0.2, -0.15) is 0 Å². The number of rotatable bonds is 4. The number of anilines is 1. The van der Waals surface area contributed by atoms with E-state index in [1.54, 1.807) is 30.3 Å². The first-order chi connectivity index (χ1) is 9.11. The van der Waals surface area contributed by atoms with E-state index in [1.165, 1.54) is 6.92 Å². The van der Waals surface area contributed by atoms with Gasteiger partial charge >= 0.3 is 0 Å². The van der Waals surface area contributed by atoms with Crippen LogP contribution in [0.5, 0.6) is 11.5 Å². The van der Waals surface area contributed by atoms with Gasteiger partial charge in [0.2, 0.25) is 0 Å². The van der Waals surface area contributed by atoms with Gasteiger partial charge in [-0.15, -0.1) is 0 Å². The number of benzene rings is 2. The molecule has 0 aliphatic rings. The molecule has 0 atom stereocenters. The second-order valence-corrected chi connectivity index (χ2v) is 4.17. The maximum atomic E-state index is 11.3. The number of nitrogens with two attached hydrogens (primary N) is 1. The molecule has 0 aromatic heterocycles. The molecule has 0 bridgehead atoms. The van der Waals surface area contributed by atoms with E-state index >= 15 is 0 Å². The number of aliphatic hydroxyl groups excluding tert-OH is 1. The van der Waals surface area contributed by atoms with Gasteiger partial charge in [-0.1, -0.05) is 18.2 Å². The number of hydrogen-bond acceptors (Lipinski definition) is 4. The molecule has 0 fully saturated rings. The molecule has 0 radical (unpaired) electrons. The number of ether oxygens (including phenoxy) is 1. The molecular weight excluding hydrogens is 242 g/mol. The molecule has 0 saturated carbocycles. The van der Waals surface area contributed by atoms with Crippen molar-refractivity contribution in [2.75, 3.05) is 5.73 Å². The molecule has 0 heterocycles. The summed E-state index contributed by atoms with van der Waals surface area (Å²) in [5.74, 6) is 1.02. The van der Waals surface area contributed by atoms with Crippen LogP contribution in [0.1, 0.15) is 22.8 Å². The number of carbonyl (C=O) groups is 1. The Hall–Kier alpha value is -2.33. The van der Waals surface area contributed by atoms with Gasteiger partial charge in [0.1, 0.15) is 11.5 Å². The van der Waals surface area contributed by atoms with Crippen molar-refractivity contribution >= 4 is 11.5 Å². The van der Waals surface area contributed by atoms with Crippen molar-refractivity contribution in [1.82, 2.24) is 0 Å². The molecule has 0 aliphatic carbocycles. The lowest BCUT2D eigenvalue weighted by atomic mass is 10.1. The van der Waals surface area contributed by atoms with E-state index in [9.17, 15) is 9.90 Å². The van der Waals surface area contributed by atoms with Crippen molar-refractivity contribution in [1.29, 1.82) is 0 Å². The third-order valence-electron chi connectivity index (χ3n) is 2.77. The second kappa shape index (κ2) is 5.54. The Labute approximate surface area is 111 Å². The average Bonchev–Trinajstić information content (AvgIpc) is 2.39. The molecule has 2 aromatic rings. The van der Waals surface area contributed by atoms with Crippen molar-refractivity contribution in [3.05, 3.63) is 53.6 Å². The molecule has 2 rings (SSSR count). The summed E-state index contributed by atoms with van der Waals surface area (Å²) in [5, 5.41) is 9.22. The van der Waals surface area contributed by atoms with Crippen LogP contribution in [0, 0.1) is 0 Å². The molecule has 4 heteroatoms. The Kier molecular flexibility index (Phi) is 3.82. The van der Waals surface area contributed by atoms with Gasteiger partial charge in [-0.25, -0.2) is 0 Å². The van der Waals surface area contributed by atoms with Crippen LogP contribution in [0.15, 0.2) is 42.5 Å². The fourth-order valence-corrected chi connectivity index (χ4v) is 1.79. The fraction of sp³-hybridized carbons (Fsp3) is 0.133. The summed E-state index contributed by atoms with van der Waals surface area (Å²) in [6.07, 6.45) is 0. The first-order valence-corrected chi connectivity index (χ1v) is 5.89. The van der Waals surface area contributed by atoms with Crippen LogP contribution in [0.4, 0.5) is 5.69 Å². The Bertz CT molecular complexity index is 608. The predicted molar refractivity (Wildman–Crippen MR) is 73.3 cm³/mol. The van der Waals surface area contributed by atoms with Crippen molar-refractivity contribution in [2.45, 2.75) is 13.5 Å². The highest BCUT2D eigenvalue weighted by Crippen LogP contribution is 2.28. The van der Waals surface area contributed by atoms with Crippen LogP contribution in [-0.4, -0.2) is 10.9 Å². The summed E-state index contributed by atoms with van der Waals surface area (Å²) in [7, 11) is 0. The monoisotopic (exact) mass is 257 g/mol. The molecule has 0 unspecified atom stereocenters. The van der Waals surface area contributed by atoms with Crippen molar-refractivity contribution < 1.29 is 14.6 Å². The second-order valence-electron chi connectivity index (χ2n) is 4.17. The van der Waals surface area contributed by atoms with E-state index in [-0.39, 0.29) is 12.4 Å². The quantitative estimate of drug-likeness (QED) is 0.652. The largest absolute Gasteiger partial charge is 0.457 e. The highest BCUT2D eigenvalue weighted by Gasteiger charge is 2.08. The lowest BCUT2D eigenvalue weighted by Crippen LogP contribution is -2.00. The van der Waals surface area contributed by atoms with Crippen LogP contribution in [-0.2, 0) is 6.61 Å². The number of ketones is 1. The smallest absolute Gasteiger partial charge is 0.161 e. The zero-order valence-electron chi connectivity index (χ0n) is 10.6. The first kappa shape index (κ1) is 13.1. The van der Waals surface area contributed by atoms with Crippen LogP contribution >= 0.6 is 0 Å². The van der Waals surface area contributed by atoms with Crippen molar-refractivity contribution in [3.63, 3.8) is 0 Å². The normalized spacial score (nSPS) is 10.2. The van der Waals surface area contributed by atoms with Gasteiger partial charge < -0.3 is 15.6 Å². The summed E-state index contributed by atoms with van der Waals surface area (Å²) < 4.78 is 5.66. The highest BCUT2D eigenvalue weighted by atomic mass is 16.5. The number of hydrogen-bond donors (Lipinski definition) is 2. The summed E-state index contributed by atoms with van der Waals surface area (Å²) in [6, 6.07) is 12.1. The van der Waals surface area contributed by atoms with E-state index < -0.39 is 0 Å². The molecule has 0 aliphatic heterocycles. The van der Waals surface area contributed by atoms with Gasteiger partial charge in [-0.3, -0.25) is 4.79 Å². The minimum atomic E-state index is -0.100. The zero-order chi connectivity index (χ0) is 13.8. The Balaban J connectivity index is 2.29. The molecule has 0 amide bonds. The lowest BCUT2D eigenvalue weighted by molar-refractivity contribution is 0.101. The lowest BCUT2D eigenvalue weighted by Gasteiger charge is -2.11. The summed E-state index contributed by atoms with van der Waals surface area (Å²) in [4.78, 5) is 11.3. The van der Waals surface area contributed by atoms with Gasteiger partial charge in [0.15, 0.2) is 5.78 Å². The van der Waals surface area contributed by atoms with E-state index in [1.807, 2.05) is 12.1 Å². The maximum Gasteiger partial charge on any atom is 0.161 e. The van der Waals surface area contributed by atoms with Gasteiger partial charge in [0.25, 0.3) is 0 Å². The van der Waals surface area contributed by atoms with Crippen molar-refractivity contribution in [3.8, 4) is 11.5 Å². The number of Topliss-reactive ketones (excluding diaryl/α,β-unsaturated/α-hetero) is 1. The molecular formula is C15H15NO3. The molecule has 0 saturated heterocycles. The third kappa shape index (κ3) is 2.92. The van der Waals surface area contributed by atoms with Crippen LogP contribution in [0.25, 0.3) is 0 Å². The van der Waals surface area contributed by atoms with Crippen molar-refractivity contribution in [2.24, 2.45) is 0 Å². The van der Waals surface area contributed by atoms with Crippen LogP contribution in [0.3, 0.4) is 0 Å². The van der Waals surface area contributed by atoms with E-state index in [0.717, 1.165) is 0 Å². The predicted octanol–water partition coefficient (Wildman–Crippen LogP) is 2.76. The van der Waals surface area contributed by atoms with E-state index in [0.29, 0.717) is 28.3 Å². The topological polar surface area (TPSA) is 72.5 Å². The molecule has 3 N–H and O–H groups in total. The molecule has 19 heavy (non-hydrogen) atoms. The van der Waals surface area contributed by atoms with E-state index in [4.69, 9.17) is 10.5 Å². The van der Waals surface area contributed by atoms with Crippen LogP contribution in [0.2, 0.25) is 0 Å². The van der Waals surface area contributed by atoms with E-state index in [2.05, 4.69) is 0 Å². The minimum absolute atomic E-state index is 0.0835. The first-order valence-electron chi connectivity index (χ1n) is 5.89. The Morgan fingerprint density at radius 3 is 2.63 bits per heavy atom. The third-order valence-corrected chi connectivity index (χ3v) is 2.77. The van der Waals surface area contributed by atoms with Gasteiger partial charge in [0, 0.05) is 22.9 Å². The summed E-state index contributed by atoms with van der Waals surface area (Å²) in [6.45, 7) is 1.37. The summed E-state index contributed by atoms with van der Waals surface area (Å²) >= 11 is 0. The SMILES string of the molecule is CC(=O)c1ccc(Oc2ccccc2CO)cc1N. The molecule has 0 spiro atoms. The maximum absolute atomic E-state index is 11.3. The standard InChI is InChI=1S/C15H15NO3/c1-10(18)13-7-6-12(8-14(13)16)19-15-5-3-2-4-11(15)9-17/h2-8,17H,9,16H2,1H3. The van der Waals surface area contributed by atoms with Gasteiger partial charge in [-0.05, 0) is 25.1 Å². The Morgan fingerprint density at radius 1 is 1.26 bits per heavy atom. The number of carbonyl (C=O) groups excluding carboxylic acids is 1. The zero-order valence-corrected chi connectivity index (χ0v) is 10.6. The Morgan fingerprint density at radius 2 is 2.00 bits per heavy atom. The molecule has 4 nitrogen and oxygen atoms in total. The molecule has 98 valence electrons. The highest BCUT2D eigenvalue weighted by molar-refractivity contribution is 5.99. The summed E-state index contributed by atoms with van der Waals surface area (Å²) in [5.41, 5.74) is 7.34. The minimum Gasteiger partial charge on any atom is -0.457 e. The fourth-order valence-electron chi connectivity index (χ4n) is 1.79.